The smallest absolute Gasteiger partial charge is 0.248 e. The maximum atomic E-state index is 13.6. The number of hydrogen-bond acceptors (Lipinski definition) is 5. The maximum Gasteiger partial charge on any atom is 0.248 e. The normalized spacial score (nSPS) is 27.4. The van der Waals surface area contributed by atoms with Crippen molar-refractivity contribution in [1.82, 2.24) is 24.7 Å². The highest BCUT2D eigenvalue weighted by molar-refractivity contribution is 7.08. The van der Waals surface area contributed by atoms with Gasteiger partial charge >= 0.3 is 0 Å². The Balaban J connectivity index is 1.10. The molecule has 10 heteroatoms. The van der Waals surface area contributed by atoms with Crippen LogP contribution in [0.2, 0.25) is 0 Å². The largest absolute Gasteiger partial charge is 0.349 e. The quantitative estimate of drug-likeness (QED) is 0.482. The second-order valence-electron chi connectivity index (χ2n) is 12.4. The summed E-state index contributed by atoms with van der Waals surface area (Å²) in [6.07, 6.45) is 6.41. The Kier molecular flexibility index (Phi) is 7.76. The topological polar surface area (TPSA) is 70.5 Å². The molecule has 3 fully saturated rings. The Morgan fingerprint density at radius 1 is 1.15 bits per heavy atom. The molecule has 7 nitrogen and oxygen atoms in total. The van der Waals surface area contributed by atoms with Gasteiger partial charge in [0.1, 0.15) is 5.82 Å². The average Bonchev–Trinajstić information content (AvgIpc) is 3.62. The lowest BCUT2D eigenvalue weighted by Crippen LogP contribution is -2.45. The Labute approximate surface area is 239 Å². The lowest BCUT2D eigenvalue weighted by atomic mass is 9.86. The molecule has 40 heavy (non-hydrogen) atoms. The molecule has 0 radical (unpaired) electrons. The molecule has 1 saturated carbocycles. The summed E-state index contributed by atoms with van der Waals surface area (Å²) >= 11 is 1.62. The molecule has 2 aromatic rings. The number of nitrogens with zero attached hydrogens (tertiary/aromatic N) is 4. The van der Waals surface area contributed by atoms with E-state index in [1.54, 1.807) is 18.3 Å². The molecule has 2 bridgehead atoms. The molecule has 1 unspecified atom stereocenters. The third kappa shape index (κ3) is 5.58. The number of halogens is 2. The fourth-order valence-electron chi connectivity index (χ4n) is 7.78. The van der Waals surface area contributed by atoms with Gasteiger partial charge in [0.2, 0.25) is 17.7 Å². The summed E-state index contributed by atoms with van der Waals surface area (Å²) in [4.78, 5) is 34.4. The highest BCUT2D eigenvalue weighted by Gasteiger charge is 2.43. The molecule has 6 rings (SSSR count). The average molecular weight is 574 g/mol. The standard InChI is InChI=1S/C30H41F2N5O2S/c1-19-33-27-17-35(20(2)38)12-8-28(27)37(19)25-15-23-3-4-24(16-25)36(23)13-7-26(22-9-14-40-18-22)34-29(39)21-5-10-30(31,32)11-6-21/h9,14,18,21,23-26H,3-8,10-13,15-17H2,1-2H3,(H,34,39)/t23-,24+,25?,26-/m0/s1. The van der Waals surface area contributed by atoms with Crippen molar-refractivity contribution in [1.29, 1.82) is 0 Å². The van der Waals surface area contributed by atoms with Gasteiger partial charge in [0, 0.05) is 69.0 Å². The number of carbonyl (C=O) groups is 2. The molecule has 1 N–H and O–H groups in total. The zero-order valence-corrected chi connectivity index (χ0v) is 24.4. The number of hydrogen-bond donors (Lipinski definition) is 1. The van der Waals surface area contributed by atoms with Gasteiger partial charge in [-0.25, -0.2) is 13.8 Å². The van der Waals surface area contributed by atoms with Gasteiger partial charge in [0.05, 0.1) is 18.3 Å². The van der Waals surface area contributed by atoms with Crippen LogP contribution in [0.4, 0.5) is 8.78 Å². The summed E-state index contributed by atoms with van der Waals surface area (Å²) < 4.78 is 29.8. The molecule has 2 aromatic heterocycles. The SMILES string of the molecule is CC(=O)N1CCc2c(nc(C)n2C2C[C@H]3CC[C@@H](C2)N3CC[C@H](NC(=O)C2CCC(F)(F)CC2)c2ccsc2)C1. The minimum absolute atomic E-state index is 0.0722. The number of carbonyl (C=O) groups excluding carboxylic acids is 2. The van der Waals surface area contributed by atoms with Gasteiger partial charge in [-0.2, -0.15) is 11.3 Å². The van der Waals surface area contributed by atoms with Crippen LogP contribution in [-0.4, -0.2) is 62.3 Å². The first-order chi connectivity index (χ1) is 19.2. The number of amides is 2. The summed E-state index contributed by atoms with van der Waals surface area (Å²) in [5.74, 6) is -1.84. The van der Waals surface area contributed by atoms with E-state index in [0.717, 1.165) is 55.9 Å². The number of imidazole rings is 1. The first kappa shape index (κ1) is 27.8. The predicted octanol–water partition coefficient (Wildman–Crippen LogP) is 5.40. The van der Waals surface area contributed by atoms with E-state index in [0.29, 0.717) is 24.7 Å². The van der Waals surface area contributed by atoms with Crippen LogP contribution < -0.4 is 5.32 Å². The molecule has 0 aromatic carbocycles. The highest BCUT2D eigenvalue weighted by atomic mass is 32.1. The minimum Gasteiger partial charge on any atom is -0.349 e. The second-order valence-corrected chi connectivity index (χ2v) is 13.2. The molecular formula is C30H41F2N5O2S. The van der Waals surface area contributed by atoms with E-state index in [1.807, 2.05) is 10.3 Å². The number of alkyl halides is 2. The third-order valence-electron chi connectivity index (χ3n) is 9.92. The van der Waals surface area contributed by atoms with Crippen molar-refractivity contribution < 1.29 is 18.4 Å². The zero-order chi connectivity index (χ0) is 28.0. The first-order valence-electron chi connectivity index (χ1n) is 15.0. The van der Waals surface area contributed by atoms with Crippen LogP contribution in [0.3, 0.4) is 0 Å². The van der Waals surface area contributed by atoms with Crippen LogP contribution in [0.5, 0.6) is 0 Å². The van der Waals surface area contributed by atoms with E-state index in [1.165, 1.54) is 18.5 Å². The summed E-state index contributed by atoms with van der Waals surface area (Å²) in [6, 6.07) is 3.44. The van der Waals surface area contributed by atoms with E-state index in [4.69, 9.17) is 4.98 Å². The van der Waals surface area contributed by atoms with Gasteiger partial charge in [-0.05, 0) is 74.3 Å². The monoisotopic (exact) mass is 573 g/mol. The molecular weight excluding hydrogens is 532 g/mol. The van der Waals surface area contributed by atoms with Crippen molar-refractivity contribution in [2.45, 2.75) is 115 Å². The van der Waals surface area contributed by atoms with Crippen molar-refractivity contribution in [2.75, 3.05) is 13.1 Å². The fraction of sp³-hybridized carbons (Fsp3) is 0.700. The van der Waals surface area contributed by atoms with Gasteiger partial charge in [0.25, 0.3) is 0 Å². The Morgan fingerprint density at radius 3 is 2.52 bits per heavy atom. The van der Waals surface area contributed by atoms with E-state index in [2.05, 4.69) is 33.2 Å². The highest BCUT2D eigenvalue weighted by Crippen LogP contribution is 2.43. The van der Waals surface area contributed by atoms with E-state index >= 15 is 0 Å². The fourth-order valence-corrected chi connectivity index (χ4v) is 8.49. The molecule has 5 heterocycles. The molecule has 3 aliphatic heterocycles. The van der Waals surface area contributed by atoms with Crippen molar-refractivity contribution in [3.63, 3.8) is 0 Å². The van der Waals surface area contributed by atoms with Crippen LogP contribution in [0, 0.1) is 12.8 Å². The number of thiophene rings is 1. The number of nitrogens with one attached hydrogen (secondary N) is 1. The second kappa shape index (κ2) is 11.2. The molecule has 4 aliphatic rings. The predicted molar refractivity (Wildman–Crippen MR) is 150 cm³/mol. The Bertz CT molecular complexity index is 1210. The summed E-state index contributed by atoms with van der Waals surface area (Å²) in [7, 11) is 0. The Morgan fingerprint density at radius 2 is 1.88 bits per heavy atom. The third-order valence-corrected chi connectivity index (χ3v) is 10.6. The van der Waals surface area contributed by atoms with Gasteiger partial charge in [-0.3, -0.25) is 14.5 Å². The van der Waals surface area contributed by atoms with Gasteiger partial charge in [-0.1, -0.05) is 0 Å². The zero-order valence-electron chi connectivity index (χ0n) is 23.6. The molecule has 0 spiro atoms. The number of rotatable bonds is 7. The van der Waals surface area contributed by atoms with Crippen molar-refractivity contribution >= 4 is 23.2 Å². The van der Waals surface area contributed by atoms with Crippen molar-refractivity contribution in [3.05, 3.63) is 39.6 Å². The molecule has 2 amide bonds. The van der Waals surface area contributed by atoms with Crippen LogP contribution in [0.25, 0.3) is 0 Å². The molecule has 4 atom stereocenters. The summed E-state index contributed by atoms with van der Waals surface area (Å²) in [5.41, 5.74) is 3.49. The van der Waals surface area contributed by atoms with E-state index in [9.17, 15) is 18.4 Å². The van der Waals surface area contributed by atoms with E-state index < -0.39 is 5.92 Å². The van der Waals surface area contributed by atoms with Crippen LogP contribution in [-0.2, 0) is 22.6 Å². The molecule has 2 saturated heterocycles. The van der Waals surface area contributed by atoms with Crippen LogP contribution >= 0.6 is 11.3 Å². The lowest BCUT2D eigenvalue weighted by Gasteiger charge is -2.41. The number of fused-ring (bicyclic) bond motifs is 3. The number of aryl methyl sites for hydroxylation is 1. The number of aromatic nitrogens is 2. The van der Waals surface area contributed by atoms with Crippen molar-refractivity contribution in [3.8, 4) is 0 Å². The summed E-state index contributed by atoms with van der Waals surface area (Å²) in [5, 5.41) is 7.38. The molecule has 1 aliphatic carbocycles. The van der Waals surface area contributed by atoms with E-state index in [-0.39, 0.29) is 49.5 Å². The van der Waals surface area contributed by atoms with Gasteiger partial charge in [0.15, 0.2) is 0 Å². The van der Waals surface area contributed by atoms with Crippen LogP contribution in [0.15, 0.2) is 16.8 Å². The first-order valence-corrected chi connectivity index (χ1v) is 15.9. The summed E-state index contributed by atoms with van der Waals surface area (Å²) in [6.45, 7) is 6.03. The van der Waals surface area contributed by atoms with Crippen molar-refractivity contribution in [2.24, 2.45) is 5.92 Å². The van der Waals surface area contributed by atoms with Gasteiger partial charge in [-0.15, -0.1) is 0 Å². The molecule has 218 valence electrons. The van der Waals surface area contributed by atoms with Gasteiger partial charge < -0.3 is 14.8 Å². The number of piperidine rings is 1. The van der Waals surface area contributed by atoms with Crippen LogP contribution in [0.1, 0.15) is 99.6 Å². The maximum absolute atomic E-state index is 13.6. The Hall–Kier alpha value is -2.33. The lowest BCUT2D eigenvalue weighted by molar-refractivity contribution is -0.130. The minimum atomic E-state index is -2.63.